The Balaban J connectivity index is 1.89. The van der Waals surface area contributed by atoms with Crippen LogP contribution in [0.15, 0.2) is 40.4 Å². The number of aromatic nitrogens is 2. The van der Waals surface area contributed by atoms with E-state index in [1.54, 1.807) is 29.9 Å². The van der Waals surface area contributed by atoms with Crippen LogP contribution >= 0.6 is 11.8 Å². The van der Waals surface area contributed by atoms with E-state index in [4.69, 9.17) is 0 Å². The van der Waals surface area contributed by atoms with Crippen molar-refractivity contribution in [2.45, 2.75) is 18.0 Å². The molecule has 0 aliphatic carbocycles. The molecular weight excluding hydrogens is 298 g/mol. The van der Waals surface area contributed by atoms with Crippen LogP contribution in [0.1, 0.15) is 21.5 Å². The highest BCUT2D eigenvalue weighted by atomic mass is 32.2. The summed E-state index contributed by atoms with van der Waals surface area (Å²) in [6.07, 6.45) is 6.16. The van der Waals surface area contributed by atoms with Crippen molar-refractivity contribution >= 4 is 17.7 Å². The second kappa shape index (κ2) is 5.96. The number of aryl methyl sites for hydroxylation is 1. The molecule has 0 radical (unpaired) electrons. The van der Waals surface area contributed by atoms with Crippen LogP contribution in [0.25, 0.3) is 0 Å². The molecule has 1 amide bonds. The van der Waals surface area contributed by atoms with Crippen LogP contribution in [0.2, 0.25) is 0 Å². The molecule has 3 heterocycles. The molecule has 0 atom stereocenters. The van der Waals surface area contributed by atoms with Gasteiger partial charge in [-0.3, -0.25) is 9.59 Å². The second-order valence-corrected chi connectivity index (χ2v) is 6.10. The van der Waals surface area contributed by atoms with Crippen LogP contribution < -0.4 is 5.56 Å². The predicted octanol–water partition coefficient (Wildman–Crippen LogP) is 1.70. The fourth-order valence-corrected chi connectivity index (χ4v) is 3.24. The third-order valence-corrected chi connectivity index (χ3v) is 4.61. The van der Waals surface area contributed by atoms with E-state index in [-0.39, 0.29) is 11.5 Å². The highest BCUT2D eigenvalue weighted by Crippen LogP contribution is 2.23. The Hall–Kier alpha value is -2.08. The number of fused-ring (bicyclic) bond motifs is 1. The van der Waals surface area contributed by atoms with Crippen LogP contribution in [0.4, 0.5) is 0 Å². The fraction of sp³-hybridized carbons (Fsp3) is 0.312. The number of amides is 1. The molecule has 0 saturated carbocycles. The van der Waals surface area contributed by atoms with Gasteiger partial charge in [0.1, 0.15) is 5.03 Å². The lowest BCUT2D eigenvalue weighted by atomic mass is 10.0. The zero-order valence-corrected chi connectivity index (χ0v) is 13.4. The average molecular weight is 315 g/mol. The molecule has 0 spiro atoms. The lowest BCUT2D eigenvalue weighted by molar-refractivity contribution is 0.0730. The maximum Gasteiger partial charge on any atom is 0.256 e. The summed E-state index contributed by atoms with van der Waals surface area (Å²) in [5.74, 6) is -0.00282. The summed E-state index contributed by atoms with van der Waals surface area (Å²) in [6.45, 7) is 1.16. The summed E-state index contributed by atoms with van der Waals surface area (Å²) in [6, 6.07) is 5.28. The topological polar surface area (TPSA) is 55.2 Å². The molecule has 2 aromatic rings. The van der Waals surface area contributed by atoms with Crippen molar-refractivity contribution in [3.63, 3.8) is 0 Å². The smallest absolute Gasteiger partial charge is 0.256 e. The van der Waals surface area contributed by atoms with Crippen LogP contribution in [0.3, 0.4) is 0 Å². The van der Waals surface area contributed by atoms with E-state index >= 15 is 0 Å². The fourth-order valence-electron chi connectivity index (χ4n) is 2.70. The van der Waals surface area contributed by atoms with E-state index in [2.05, 4.69) is 4.98 Å². The van der Waals surface area contributed by atoms with Crippen LogP contribution in [-0.2, 0) is 20.0 Å². The van der Waals surface area contributed by atoms with Gasteiger partial charge in [-0.25, -0.2) is 4.98 Å². The maximum absolute atomic E-state index is 12.7. The molecule has 0 bridgehead atoms. The van der Waals surface area contributed by atoms with Crippen molar-refractivity contribution in [2.75, 3.05) is 12.8 Å². The Labute approximate surface area is 133 Å². The van der Waals surface area contributed by atoms with E-state index in [0.717, 1.165) is 16.2 Å². The van der Waals surface area contributed by atoms with Gasteiger partial charge in [-0.2, -0.15) is 0 Å². The summed E-state index contributed by atoms with van der Waals surface area (Å²) in [7, 11) is 1.73. The molecule has 5 nitrogen and oxygen atoms in total. The van der Waals surface area contributed by atoms with Crippen molar-refractivity contribution in [3.8, 4) is 0 Å². The third kappa shape index (κ3) is 2.66. The zero-order valence-electron chi connectivity index (χ0n) is 12.6. The highest BCUT2D eigenvalue weighted by Gasteiger charge is 2.24. The van der Waals surface area contributed by atoms with Crippen LogP contribution in [-0.4, -0.2) is 33.2 Å². The first-order chi connectivity index (χ1) is 10.6. The number of carbonyl (C=O) groups excluding carboxylic acids is 1. The van der Waals surface area contributed by atoms with E-state index in [0.29, 0.717) is 25.1 Å². The number of carbonyl (C=O) groups is 1. The molecule has 0 aromatic carbocycles. The van der Waals surface area contributed by atoms with Crippen LogP contribution in [0, 0.1) is 0 Å². The monoisotopic (exact) mass is 315 g/mol. The summed E-state index contributed by atoms with van der Waals surface area (Å²) >= 11 is 1.47. The number of hydrogen-bond donors (Lipinski definition) is 0. The Bertz CT molecular complexity index is 785. The average Bonchev–Trinajstić information content (AvgIpc) is 2.55. The minimum atomic E-state index is -0.00421. The third-order valence-electron chi connectivity index (χ3n) is 3.90. The Kier molecular flexibility index (Phi) is 4.02. The predicted molar refractivity (Wildman–Crippen MR) is 86.1 cm³/mol. The number of thioether (sulfide) groups is 1. The zero-order chi connectivity index (χ0) is 15.7. The first-order valence-corrected chi connectivity index (χ1v) is 8.29. The quantitative estimate of drug-likeness (QED) is 0.792. The van der Waals surface area contributed by atoms with E-state index in [1.807, 2.05) is 23.4 Å². The van der Waals surface area contributed by atoms with Gasteiger partial charge in [-0.05, 0) is 35.9 Å². The molecule has 22 heavy (non-hydrogen) atoms. The molecule has 2 aromatic heterocycles. The van der Waals surface area contributed by atoms with Crippen molar-refractivity contribution in [1.29, 1.82) is 0 Å². The van der Waals surface area contributed by atoms with E-state index in [1.165, 1.54) is 11.8 Å². The second-order valence-electron chi connectivity index (χ2n) is 5.31. The molecular formula is C16H17N3O2S. The van der Waals surface area contributed by atoms with Gasteiger partial charge in [0.25, 0.3) is 11.5 Å². The van der Waals surface area contributed by atoms with Gasteiger partial charge in [0, 0.05) is 38.6 Å². The summed E-state index contributed by atoms with van der Waals surface area (Å²) in [4.78, 5) is 30.5. The maximum atomic E-state index is 12.7. The first kappa shape index (κ1) is 14.8. The van der Waals surface area contributed by atoms with E-state index < -0.39 is 0 Å². The molecule has 0 saturated heterocycles. The highest BCUT2D eigenvalue weighted by molar-refractivity contribution is 7.98. The Morgan fingerprint density at radius 3 is 2.95 bits per heavy atom. The standard InChI is InChI=1S/C16H17N3O2S/c1-18-9-12-10-19(7-5-11(12)8-14(18)20)16(21)13-4-3-6-17-15(13)22-2/h3-4,6,8-9H,5,7,10H2,1-2H3. The van der Waals surface area contributed by atoms with Crippen molar-refractivity contribution in [3.05, 3.63) is 57.6 Å². The van der Waals surface area contributed by atoms with Gasteiger partial charge in [0.2, 0.25) is 0 Å². The van der Waals surface area contributed by atoms with Gasteiger partial charge < -0.3 is 9.47 Å². The molecule has 0 N–H and O–H groups in total. The number of nitrogens with zero attached hydrogens (tertiary/aromatic N) is 3. The molecule has 1 aliphatic heterocycles. The van der Waals surface area contributed by atoms with Gasteiger partial charge in [-0.15, -0.1) is 11.8 Å². The van der Waals surface area contributed by atoms with Gasteiger partial charge in [-0.1, -0.05) is 0 Å². The van der Waals surface area contributed by atoms with Gasteiger partial charge in [0.05, 0.1) is 5.56 Å². The van der Waals surface area contributed by atoms with Gasteiger partial charge >= 0.3 is 0 Å². The lowest BCUT2D eigenvalue weighted by Crippen LogP contribution is -2.37. The van der Waals surface area contributed by atoms with E-state index in [9.17, 15) is 9.59 Å². The lowest BCUT2D eigenvalue weighted by Gasteiger charge is -2.29. The SMILES string of the molecule is CSc1ncccc1C(=O)N1CCc2cc(=O)n(C)cc2C1. The molecule has 114 valence electrons. The van der Waals surface area contributed by atoms with Crippen molar-refractivity contribution in [1.82, 2.24) is 14.5 Å². The number of rotatable bonds is 2. The minimum absolute atomic E-state index is 0.00282. The Morgan fingerprint density at radius 2 is 2.18 bits per heavy atom. The molecule has 6 heteroatoms. The van der Waals surface area contributed by atoms with Crippen molar-refractivity contribution < 1.29 is 4.79 Å². The first-order valence-electron chi connectivity index (χ1n) is 7.07. The summed E-state index contributed by atoms with van der Waals surface area (Å²) in [5, 5.41) is 0.749. The largest absolute Gasteiger partial charge is 0.334 e. The molecule has 0 fully saturated rings. The summed E-state index contributed by atoms with van der Waals surface area (Å²) in [5.41, 5.74) is 2.72. The summed E-state index contributed by atoms with van der Waals surface area (Å²) < 4.78 is 1.56. The Morgan fingerprint density at radius 1 is 1.36 bits per heavy atom. The normalized spacial score (nSPS) is 13.8. The number of pyridine rings is 2. The molecule has 1 aliphatic rings. The number of hydrogen-bond acceptors (Lipinski definition) is 4. The van der Waals surface area contributed by atoms with Gasteiger partial charge in [0.15, 0.2) is 0 Å². The minimum Gasteiger partial charge on any atom is -0.334 e. The van der Waals surface area contributed by atoms with Crippen molar-refractivity contribution in [2.24, 2.45) is 7.05 Å². The van der Waals surface area contributed by atoms with Crippen LogP contribution in [0.5, 0.6) is 0 Å². The molecule has 3 rings (SSSR count). The molecule has 0 unspecified atom stereocenters.